The van der Waals surface area contributed by atoms with Crippen LogP contribution in [0.5, 0.6) is 0 Å². The van der Waals surface area contributed by atoms with Crippen molar-refractivity contribution in [3.63, 3.8) is 0 Å². The SMILES string of the molecule is CN(C)c1ccc(/C=C(\NC(=O)c2ccccc2)C(=O)N/N=C/c2cccs2)cc1. The van der Waals surface area contributed by atoms with Gasteiger partial charge in [0.1, 0.15) is 5.70 Å². The highest BCUT2D eigenvalue weighted by Gasteiger charge is 2.14. The van der Waals surface area contributed by atoms with Gasteiger partial charge in [-0.2, -0.15) is 5.10 Å². The van der Waals surface area contributed by atoms with Crippen molar-refractivity contribution in [3.05, 3.63) is 93.8 Å². The lowest BCUT2D eigenvalue weighted by Gasteiger charge is -2.12. The highest BCUT2D eigenvalue weighted by Crippen LogP contribution is 2.14. The smallest absolute Gasteiger partial charge is 0.287 e. The van der Waals surface area contributed by atoms with Crippen LogP contribution < -0.4 is 15.6 Å². The number of rotatable bonds is 7. The Balaban J connectivity index is 1.81. The number of amides is 2. The molecule has 0 radical (unpaired) electrons. The Morgan fingerprint density at radius 1 is 0.967 bits per heavy atom. The van der Waals surface area contributed by atoms with E-state index in [1.165, 1.54) is 11.3 Å². The molecule has 0 fully saturated rings. The standard InChI is InChI=1S/C23H22N4O2S/c1-27(2)19-12-10-17(11-13-19)15-21(25-22(28)18-7-4-3-5-8-18)23(29)26-24-16-20-9-6-14-30-20/h3-16H,1-2H3,(H,25,28)(H,26,29)/b21-15-,24-16+. The molecule has 0 saturated heterocycles. The molecule has 6 nitrogen and oxygen atoms in total. The van der Waals surface area contributed by atoms with E-state index in [-0.39, 0.29) is 11.6 Å². The molecule has 152 valence electrons. The highest BCUT2D eigenvalue weighted by molar-refractivity contribution is 7.11. The fourth-order valence-corrected chi connectivity index (χ4v) is 3.14. The van der Waals surface area contributed by atoms with E-state index in [0.29, 0.717) is 5.56 Å². The fraction of sp³-hybridized carbons (Fsp3) is 0.0870. The zero-order valence-electron chi connectivity index (χ0n) is 16.7. The van der Waals surface area contributed by atoms with E-state index in [1.807, 2.05) is 66.8 Å². The minimum Gasteiger partial charge on any atom is -0.378 e. The molecule has 3 aromatic rings. The van der Waals surface area contributed by atoms with Gasteiger partial charge in [-0.1, -0.05) is 36.4 Å². The van der Waals surface area contributed by atoms with E-state index in [4.69, 9.17) is 0 Å². The van der Waals surface area contributed by atoms with Gasteiger partial charge in [-0.3, -0.25) is 9.59 Å². The van der Waals surface area contributed by atoms with Gasteiger partial charge in [-0.25, -0.2) is 5.43 Å². The predicted molar refractivity (Wildman–Crippen MR) is 123 cm³/mol. The lowest BCUT2D eigenvalue weighted by atomic mass is 10.1. The van der Waals surface area contributed by atoms with Crippen LogP contribution in [0.4, 0.5) is 5.69 Å². The summed E-state index contributed by atoms with van der Waals surface area (Å²) in [6, 6.07) is 20.2. The van der Waals surface area contributed by atoms with Gasteiger partial charge in [0.25, 0.3) is 11.8 Å². The second-order valence-corrected chi connectivity index (χ2v) is 7.56. The summed E-state index contributed by atoms with van der Waals surface area (Å²) in [5.74, 6) is -0.882. The summed E-state index contributed by atoms with van der Waals surface area (Å²) >= 11 is 1.51. The minimum atomic E-state index is -0.510. The maximum atomic E-state index is 12.7. The third-order valence-corrected chi connectivity index (χ3v) is 4.96. The van der Waals surface area contributed by atoms with Crippen LogP contribution in [0, 0.1) is 0 Å². The average Bonchev–Trinajstić information content (AvgIpc) is 3.27. The normalized spacial score (nSPS) is 11.3. The Morgan fingerprint density at radius 3 is 2.33 bits per heavy atom. The molecule has 0 bridgehead atoms. The van der Waals surface area contributed by atoms with E-state index in [9.17, 15) is 9.59 Å². The Bertz CT molecular complexity index is 1040. The van der Waals surface area contributed by atoms with E-state index >= 15 is 0 Å². The van der Waals surface area contributed by atoms with Crippen LogP contribution in [0.1, 0.15) is 20.8 Å². The van der Waals surface area contributed by atoms with Gasteiger partial charge in [0.05, 0.1) is 6.21 Å². The van der Waals surface area contributed by atoms with Gasteiger partial charge in [-0.05, 0) is 47.4 Å². The number of hydrogen-bond acceptors (Lipinski definition) is 5. The van der Waals surface area contributed by atoms with Gasteiger partial charge >= 0.3 is 0 Å². The molecule has 0 aliphatic carbocycles. The molecule has 0 spiro atoms. The topological polar surface area (TPSA) is 73.8 Å². The zero-order chi connectivity index (χ0) is 21.3. The molecular weight excluding hydrogens is 396 g/mol. The first kappa shape index (κ1) is 21.0. The van der Waals surface area contributed by atoms with Crippen molar-refractivity contribution in [1.29, 1.82) is 0 Å². The van der Waals surface area contributed by atoms with Crippen molar-refractivity contribution >= 4 is 41.1 Å². The largest absolute Gasteiger partial charge is 0.378 e. The average molecular weight is 419 g/mol. The first-order chi connectivity index (χ1) is 14.5. The molecule has 2 aromatic carbocycles. The van der Waals surface area contributed by atoms with Crippen molar-refractivity contribution in [2.24, 2.45) is 5.10 Å². The first-order valence-electron chi connectivity index (χ1n) is 9.25. The second-order valence-electron chi connectivity index (χ2n) is 6.58. The Hall–Kier alpha value is -3.71. The van der Waals surface area contributed by atoms with Crippen LogP contribution in [0.25, 0.3) is 6.08 Å². The molecule has 0 atom stereocenters. The summed E-state index contributed by atoms with van der Waals surface area (Å²) in [6.45, 7) is 0. The van der Waals surface area contributed by atoms with Crippen LogP contribution in [0.3, 0.4) is 0 Å². The van der Waals surface area contributed by atoms with Crippen LogP contribution in [0.15, 0.2) is 82.9 Å². The molecule has 2 N–H and O–H groups in total. The van der Waals surface area contributed by atoms with Gasteiger partial charge < -0.3 is 10.2 Å². The minimum absolute atomic E-state index is 0.102. The maximum Gasteiger partial charge on any atom is 0.287 e. The number of hydrogen-bond donors (Lipinski definition) is 2. The zero-order valence-corrected chi connectivity index (χ0v) is 17.5. The summed E-state index contributed by atoms with van der Waals surface area (Å²) in [5.41, 5.74) is 4.85. The molecule has 1 aromatic heterocycles. The number of carbonyl (C=O) groups excluding carboxylic acids is 2. The molecule has 1 heterocycles. The van der Waals surface area contributed by atoms with Crippen molar-refractivity contribution in [3.8, 4) is 0 Å². The third-order valence-electron chi connectivity index (χ3n) is 4.15. The monoisotopic (exact) mass is 418 g/mol. The van der Waals surface area contributed by atoms with Gasteiger partial charge in [0, 0.05) is 30.2 Å². The molecule has 30 heavy (non-hydrogen) atoms. The summed E-state index contributed by atoms with van der Waals surface area (Å²) in [6.07, 6.45) is 3.18. The van der Waals surface area contributed by atoms with Crippen molar-refractivity contribution in [2.45, 2.75) is 0 Å². The van der Waals surface area contributed by atoms with Crippen LogP contribution in [-0.2, 0) is 4.79 Å². The molecule has 0 saturated carbocycles. The predicted octanol–water partition coefficient (Wildman–Crippen LogP) is 3.74. The number of nitrogens with zero attached hydrogens (tertiary/aromatic N) is 2. The summed E-state index contributed by atoms with van der Waals surface area (Å²) in [4.78, 5) is 28.2. The molecule has 0 aliphatic rings. The molecule has 2 amide bonds. The number of anilines is 1. The maximum absolute atomic E-state index is 12.7. The van der Waals surface area contributed by atoms with Crippen molar-refractivity contribution < 1.29 is 9.59 Å². The highest BCUT2D eigenvalue weighted by atomic mass is 32.1. The lowest BCUT2D eigenvalue weighted by Crippen LogP contribution is -2.32. The van der Waals surface area contributed by atoms with E-state index in [1.54, 1.807) is 36.6 Å². The van der Waals surface area contributed by atoms with Gasteiger partial charge in [-0.15, -0.1) is 11.3 Å². The number of thiophene rings is 1. The lowest BCUT2D eigenvalue weighted by molar-refractivity contribution is -0.117. The second kappa shape index (κ2) is 10.2. The molecule has 3 rings (SSSR count). The van der Waals surface area contributed by atoms with Crippen molar-refractivity contribution in [2.75, 3.05) is 19.0 Å². The fourth-order valence-electron chi connectivity index (χ4n) is 2.56. The van der Waals surface area contributed by atoms with Gasteiger partial charge in [0.2, 0.25) is 0 Å². The Morgan fingerprint density at radius 2 is 1.70 bits per heavy atom. The van der Waals surface area contributed by atoms with E-state index in [0.717, 1.165) is 16.1 Å². The van der Waals surface area contributed by atoms with Gasteiger partial charge in [0.15, 0.2) is 0 Å². The van der Waals surface area contributed by atoms with Crippen LogP contribution >= 0.6 is 11.3 Å². The molecule has 7 heteroatoms. The molecular formula is C23H22N4O2S. The summed E-state index contributed by atoms with van der Waals surface area (Å²) in [5, 5.41) is 8.59. The number of benzene rings is 2. The summed E-state index contributed by atoms with van der Waals surface area (Å²) < 4.78 is 0. The number of nitrogens with one attached hydrogen (secondary N) is 2. The van der Waals surface area contributed by atoms with E-state index < -0.39 is 5.91 Å². The Labute approximate surface area is 179 Å². The molecule has 0 unspecified atom stereocenters. The summed E-state index contributed by atoms with van der Waals surface area (Å²) in [7, 11) is 3.91. The van der Waals surface area contributed by atoms with Crippen molar-refractivity contribution in [1.82, 2.24) is 10.7 Å². The first-order valence-corrected chi connectivity index (χ1v) is 10.1. The van der Waals surface area contributed by atoms with Crippen LogP contribution in [-0.4, -0.2) is 32.1 Å². The quantitative estimate of drug-likeness (QED) is 0.349. The number of carbonyl (C=O) groups is 2. The Kier molecular flexibility index (Phi) is 7.13. The van der Waals surface area contributed by atoms with E-state index in [2.05, 4.69) is 15.8 Å². The third kappa shape index (κ3) is 5.89. The number of hydrazone groups is 1. The molecule has 0 aliphatic heterocycles. The van der Waals surface area contributed by atoms with Crippen LogP contribution in [0.2, 0.25) is 0 Å².